The van der Waals surface area contributed by atoms with E-state index in [4.69, 9.17) is 4.98 Å². The summed E-state index contributed by atoms with van der Waals surface area (Å²) in [6, 6.07) is 18.9. The summed E-state index contributed by atoms with van der Waals surface area (Å²) in [6.45, 7) is 8.02. The normalized spacial score (nSPS) is 14.8. The molecule has 2 heterocycles. The number of piperidine rings is 1. The summed E-state index contributed by atoms with van der Waals surface area (Å²) in [5.74, 6) is 0.157. The average molecular weight is 448 g/mol. The van der Waals surface area contributed by atoms with Crippen LogP contribution in [-0.2, 0) is 13.0 Å². The Morgan fingerprint density at radius 1 is 1.06 bits per heavy atom. The molecule has 0 aliphatic carbocycles. The van der Waals surface area contributed by atoms with Crippen LogP contribution < -0.4 is 0 Å². The predicted molar refractivity (Wildman–Crippen MR) is 133 cm³/mol. The molecular weight excluding hydrogens is 414 g/mol. The van der Waals surface area contributed by atoms with E-state index in [-0.39, 0.29) is 5.91 Å². The topological polar surface area (TPSA) is 36.4 Å². The Bertz CT molecular complexity index is 991. The van der Waals surface area contributed by atoms with Crippen molar-refractivity contribution in [1.82, 2.24) is 14.8 Å². The lowest BCUT2D eigenvalue weighted by atomic mass is 10.0. The highest BCUT2D eigenvalue weighted by Crippen LogP contribution is 2.26. The van der Waals surface area contributed by atoms with E-state index in [1.54, 1.807) is 11.3 Å². The van der Waals surface area contributed by atoms with Gasteiger partial charge in [-0.2, -0.15) is 0 Å². The first-order valence-electron chi connectivity index (χ1n) is 11.8. The van der Waals surface area contributed by atoms with Crippen LogP contribution in [0.5, 0.6) is 0 Å². The van der Waals surface area contributed by atoms with Gasteiger partial charge in [-0.25, -0.2) is 4.98 Å². The molecule has 1 aliphatic heterocycles. The van der Waals surface area contributed by atoms with Gasteiger partial charge in [-0.1, -0.05) is 56.3 Å². The van der Waals surface area contributed by atoms with E-state index in [2.05, 4.69) is 48.4 Å². The average Bonchev–Trinajstić information content (AvgIpc) is 3.32. The van der Waals surface area contributed by atoms with E-state index in [9.17, 15) is 4.79 Å². The first-order valence-corrected chi connectivity index (χ1v) is 12.7. The van der Waals surface area contributed by atoms with E-state index in [0.29, 0.717) is 6.04 Å². The van der Waals surface area contributed by atoms with Crippen LogP contribution in [0.2, 0.25) is 0 Å². The van der Waals surface area contributed by atoms with Gasteiger partial charge >= 0.3 is 0 Å². The summed E-state index contributed by atoms with van der Waals surface area (Å²) < 4.78 is 0. The second kappa shape index (κ2) is 10.9. The Labute approximate surface area is 195 Å². The Morgan fingerprint density at radius 3 is 2.44 bits per heavy atom. The summed E-state index contributed by atoms with van der Waals surface area (Å²) >= 11 is 1.73. The number of benzene rings is 2. The maximum Gasteiger partial charge on any atom is 0.253 e. The third kappa shape index (κ3) is 5.45. The summed E-state index contributed by atoms with van der Waals surface area (Å²) in [6.07, 6.45) is 4.23. The number of carbonyl (C=O) groups excluding carboxylic acids is 1. The highest BCUT2D eigenvalue weighted by molar-refractivity contribution is 7.13. The van der Waals surface area contributed by atoms with Crippen LogP contribution >= 0.6 is 11.3 Å². The van der Waals surface area contributed by atoms with Crippen molar-refractivity contribution in [3.63, 3.8) is 0 Å². The third-order valence-electron chi connectivity index (χ3n) is 6.33. The van der Waals surface area contributed by atoms with Crippen molar-refractivity contribution in [1.29, 1.82) is 0 Å². The van der Waals surface area contributed by atoms with Gasteiger partial charge in [-0.3, -0.25) is 9.69 Å². The molecule has 0 spiro atoms. The molecule has 4 nitrogen and oxygen atoms in total. The first kappa shape index (κ1) is 22.7. The smallest absolute Gasteiger partial charge is 0.253 e. The van der Waals surface area contributed by atoms with Crippen molar-refractivity contribution in [2.24, 2.45) is 0 Å². The lowest BCUT2D eigenvalue weighted by Gasteiger charge is -2.38. The van der Waals surface area contributed by atoms with Crippen molar-refractivity contribution in [2.75, 3.05) is 19.6 Å². The minimum atomic E-state index is 0.157. The summed E-state index contributed by atoms with van der Waals surface area (Å²) in [5, 5.41) is 3.31. The number of carbonyl (C=O) groups is 1. The molecule has 0 saturated carbocycles. The van der Waals surface area contributed by atoms with Gasteiger partial charge in [0.25, 0.3) is 5.91 Å². The van der Waals surface area contributed by atoms with Crippen molar-refractivity contribution in [3.05, 3.63) is 76.8 Å². The van der Waals surface area contributed by atoms with Crippen molar-refractivity contribution in [2.45, 2.75) is 52.1 Å². The van der Waals surface area contributed by atoms with Crippen molar-refractivity contribution in [3.8, 4) is 10.6 Å². The summed E-state index contributed by atoms with van der Waals surface area (Å²) in [4.78, 5) is 22.3. The number of hydrogen-bond donors (Lipinski definition) is 0. The molecule has 1 amide bonds. The van der Waals surface area contributed by atoms with Gasteiger partial charge in [-0.05, 0) is 49.9 Å². The standard InChI is InChI=1S/C27H33N3OS/c1-3-16-30(19-24-20-32-26(28-24)22-12-10-21(4-2)11-13-22)25-14-17-29(18-15-25)27(31)23-8-6-5-7-9-23/h5-13,20,25H,3-4,14-19H2,1-2H3. The molecule has 4 rings (SSSR count). The molecule has 1 aromatic heterocycles. The first-order chi connectivity index (χ1) is 15.7. The van der Waals surface area contributed by atoms with Gasteiger partial charge < -0.3 is 4.90 Å². The highest BCUT2D eigenvalue weighted by atomic mass is 32.1. The second-order valence-electron chi connectivity index (χ2n) is 8.55. The highest BCUT2D eigenvalue weighted by Gasteiger charge is 2.27. The van der Waals surface area contributed by atoms with Crippen LogP contribution in [0.4, 0.5) is 0 Å². The molecule has 1 saturated heterocycles. The zero-order valence-electron chi connectivity index (χ0n) is 19.2. The number of aromatic nitrogens is 1. The molecule has 32 heavy (non-hydrogen) atoms. The van der Waals surface area contributed by atoms with E-state index < -0.39 is 0 Å². The van der Waals surface area contributed by atoms with E-state index in [0.717, 1.165) is 68.1 Å². The largest absolute Gasteiger partial charge is 0.339 e. The molecule has 2 aromatic carbocycles. The molecule has 168 valence electrons. The SMILES string of the molecule is CCCN(Cc1csc(-c2ccc(CC)cc2)n1)C1CCN(C(=O)c2ccccc2)CC1. The van der Waals surface area contributed by atoms with Crippen LogP contribution in [-0.4, -0.2) is 46.4 Å². The molecule has 1 fully saturated rings. The summed E-state index contributed by atoms with van der Waals surface area (Å²) in [7, 11) is 0. The number of amides is 1. The van der Waals surface area contributed by atoms with Gasteiger partial charge in [0.05, 0.1) is 5.69 Å². The predicted octanol–water partition coefficient (Wildman–Crippen LogP) is 5.89. The Balaban J connectivity index is 1.37. The van der Waals surface area contributed by atoms with Crippen LogP contribution in [0.15, 0.2) is 60.0 Å². The maximum absolute atomic E-state index is 12.8. The van der Waals surface area contributed by atoms with E-state index >= 15 is 0 Å². The number of aryl methyl sites for hydroxylation is 1. The quantitative estimate of drug-likeness (QED) is 0.432. The van der Waals surface area contributed by atoms with E-state index in [1.165, 1.54) is 11.1 Å². The number of rotatable bonds is 8. The fraction of sp³-hybridized carbons (Fsp3) is 0.407. The Morgan fingerprint density at radius 2 is 1.78 bits per heavy atom. The lowest BCUT2D eigenvalue weighted by molar-refractivity contribution is 0.0605. The van der Waals surface area contributed by atoms with Crippen molar-refractivity contribution >= 4 is 17.2 Å². The van der Waals surface area contributed by atoms with Gasteiger partial charge in [0.2, 0.25) is 0 Å². The minimum absolute atomic E-state index is 0.157. The second-order valence-corrected chi connectivity index (χ2v) is 9.41. The molecule has 1 aliphatic rings. The van der Waals surface area contributed by atoms with Gasteiger partial charge in [0.15, 0.2) is 0 Å². The lowest BCUT2D eigenvalue weighted by Crippen LogP contribution is -2.46. The fourth-order valence-electron chi connectivity index (χ4n) is 4.48. The van der Waals surface area contributed by atoms with Gasteiger partial charge in [-0.15, -0.1) is 11.3 Å². The number of thiazole rings is 1. The monoisotopic (exact) mass is 447 g/mol. The molecule has 0 bridgehead atoms. The van der Waals surface area contributed by atoms with Crippen LogP contribution in [0.25, 0.3) is 10.6 Å². The summed E-state index contributed by atoms with van der Waals surface area (Å²) in [5.41, 5.74) is 4.50. The van der Waals surface area contributed by atoms with Gasteiger partial charge in [0, 0.05) is 42.2 Å². The number of nitrogens with zero attached hydrogens (tertiary/aromatic N) is 3. The number of likely N-dealkylation sites (tertiary alicyclic amines) is 1. The molecule has 0 atom stereocenters. The fourth-order valence-corrected chi connectivity index (χ4v) is 5.30. The Kier molecular flexibility index (Phi) is 7.72. The minimum Gasteiger partial charge on any atom is -0.339 e. The maximum atomic E-state index is 12.8. The molecule has 0 unspecified atom stereocenters. The van der Waals surface area contributed by atoms with Crippen LogP contribution in [0.1, 0.15) is 54.7 Å². The molecule has 3 aromatic rings. The molecule has 0 N–H and O–H groups in total. The van der Waals surface area contributed by atoms with E-state index in [1.807, 2.05) is 35.2 Å². The van der Waals surface area contributed by atoms with Gasteiger partial charge in [0.1, 0.15) is 5.01 Å². The molecule has 5 heteroatoms. The zero-order valence-corrected chi connectivity index (χ0v) is 20.0. The zero-order chi connectivity index (χ0) is 22.3. The number of hydrogen-bond acceptors (Lipinski definition) is 4. The molecular formula is C27H33N3OS. The van der Waals surface area contributed by atoms with Crippen LogP contribution in [0.3, 0.4) is 0 Å². The van der Waals surface area contributed by atoms with Crippen LogP contribution in [0, 0.1) is 0 Å². The van der Waals surface area contributed by atoms with Crippen molar-refractivity contribution < 1.29 is 4.79 Å². The molecule has 0 radical (unpaired) electrons. The third-order valence-corrected chi connectivity index (χ3v) is 7.27. The Hall–Kier alpha value is -2.50.